The highest BCUT2D eigenvalue weighted by atomic mass is 32.2. The first-order valence-electron chi connectivity index (χ1n) is 12.8. The van der Waals surface area contributed by atoms with Gasteiger partial charge in [-0.1, -0.05) is 0 Å². The lowest BCUT2D eigenvalue weighted by molar-refractivity contribution is -0.129. The normalized spacial score (nSPS) is 13.0. The van der Waals surface area contributed by atoms with Crippen LogP contribution >= 0.6 is 11.3 Å². The summed E-state index contributed by atoms with van der Waals surface area (Å²) in [7, 11) is -0.929. The second-order valence-corrected chi connectivity index (χ2v) is 12.0. The van der Waals surface area contributed by atoms with Crippen molar-refractivity contribution in [3.63, 3.8) is 0 Å². The molecule has 0 saturated carbocycles. The number of hydrogen-bond acceptors (Lipinski definition) is 10. The number of benzene rings is 1. The lowest BCUT2D eigenvalue weighted by atomic mass is 10.0. The van der Waals surface area contributed by atoms with E-state index in [1.165, 1.54) is 49.7 Å². The van der Waals surface area contributed by atoms with Crippen LogP contribution in [0.2, 0.25) is 0 Å². The molecule has 1 aromatic heterocycles. The van der Waals surface area contributed by atoms with Gasteiger partial charge in [0, 0.05) is 51.2 Å². The van der Waals surface area contributed by atoms with Gasteiger partial charge in [-0.25, -0.2) is 13.2 Å². The molecule has 0 spiro atoms. The average molecular weight is 611 g/mol. The lowest BCUT2D eigenvalue weighted by Crippen LogP contribution is -2.36. The minimum atomic E-state index is -3.88. The SMILES string of the molecule is CCOC(=O)NC(=O)c1c(NC(=O)c2ccc(S(=O)(=O)N(CCOC)CCOC)cc2)sc2c1CCN(C(C)=O)C2. The first-order chi connectivity index (χ1) is 19.5. The molecule has 224 valence electrons. The molecule has 4 amide bonds. The number of sulfonamides is 1. The Morgan fingerprint density at radius 2 is 1.66 bits per heavy atom. The fraction of sp³-hybridized carbons (Fsp3) is 0.462. The zero-order chi connectivity index (χ0) is 30.2. The number of alkyl carbamates (subject to hydrolysis) is 1. The summed E-state index contributed by atoms with van der Waals surface area (Å²) in [6.45, 7) is 4.43. The van der Waals surface area contributed by atoms with Crippen LogP contribution in [0.3, 0.4) is 0 Å². The van der Waals surface area contributed by atoms with Gasteiger partial charge in [0.15, 0.2) is 0 Å². The molecule has 1 aliphatic rings. The summed E-state index contributed by atoms with van der Waals surface area (Å²) in [6.07, 6.45) is -0.556. The third kappa shape index (κ3) is 7.89. The van der Waals surface area contributed by atoms with Gasteiger partial charge >= 0.3 is 6.09 Å². The van der Waals surface area contributed by atoms with Gasteiger partial charge in [0.1, 0.15) is 5.00 Å². The lowest BCUT2D eigenvalue weighted by Gasteiger charge is -2.26. The zero-order valence-corrected chi connectivity index (χ0v) is 25.0. The molecule has 0 unspecified atom stereocenters. The standard InChI is InChI=1S/C26H34N4O9S2/c1-5-39-26(34)28-24(33)22-20-10-11-29(17(2)31)16-21(20)40-25(22)27-23(32)18-6-8-19(9-7-18)41(35,36)30(12-14-37-3)13-15-38-4/h6-9H,5,10-16H2,1-4H3,(H,27,32)(H,28,33,34). The molecule has 2 heterocycles. The number of rotatable bonds is 12. The van der Waals surface area contributed by atoms with E-state index in [1.807, 2.05) is 0 Å². The van der Waals surface area contributed by atoms with Crippen molar-refractivity contribution in [2.75, 3.05) is 59.0 Å². The summed E-state index contributed by atoms with van der Waals surface area (Å²) in [5, 5.41) is 5.09. The van der Waals surface area contributed by atoms with Gasteiger partial charge in [0.2, 0.25) is 15.9 Å². The average Bonchev–Trinajstić information content (AvgIpc) is 3.30. The molecule has 0 radical (unpaired) electrons. The Balaban J connectivity index is 1.86. The minimum absolute atomic E-state index is 0.00771. The molecule has 0 bridgehead atoms. The van der Waals surface area contributed by atoms with Crippen molar-refractivity contribution < 1.29 is 41.8 Å². The Kier molecular flexibility index (Phi) is 11.4. The molecule has 1 aliphatic heterocycles. The second-order valence-electron chi connectivity index (χ2n) is 8.94. The number of fused-ring (bicyclic) bond motifs is 1. The molecule has 0 aliphatic carbocycles. The van der Waals surface area contributed by atoms with Crippen LogP contribution in [0.1, 0.15) is 45.0 Å². The Bertz CT molecular complexity index is 1370. The highest BCUT2D eigenvalue weighted by molar-refractivity contribution is 7.89. The molecule has 1 aromatic carbocycles. The molecular weight excluding hydrogens is 576 g/mol. The Morgan fingerprint density at radius 3 is 2.22 bits per heavy atom. The van der Waals surface area contributed by atoms with Crippen molar-refractivity contribution in [1.82, 2.24) is 14.5 Å². The maximum Gasteiger partial charge on any atom is 0.414 e. The summed E-state index contributed by atoms with van der Waals surface area (Å²) in [6, 6.07) is 5.40. The molecule has 2 aromatic rings. The number of ether oxygens (including phenoxy) is 3. The number of carbonyl (C=O) groups is 4. The summed E-state index contributed by atoms with van der Waals surface area (Å²) in [5.74, 6) is -1.44. The molecule has 0 fully saturated rings. The first-order valence-corrected chi connectivity index (χ1v) is 15.1. The number of nitrogens with zero attached hydrogens (tertiary/aromatic N) is 2. The molecule has 13 nitrogen and oxygen atoms in total. The van der Waals surface area contributed by atoms with Crippen molar-refractivity contribution in [2.24, 2.45) is 0 Å². The number of imide groups is 1. The van der Waals surface area contributed by atoms with Crippen LogP contribution in [-0.2, 0) is 42.0 Å². The fourth-order valence-electron chi connectivity index (χ4n) is 4.16. The van der Waals surface area contributed by atoms with Crippen molar-refractivity contribution in [3.05, 3.63) is 45.8 Å². The number of carbonyl (C=O) groups excluding carboxylic acids is 4. The topological polar surface area (TPSA) is 161 Å². The van der Waals surface area contributed by atoms with E-state index < -0.39 is 27.9 Å². The van der Waals surface area contributed by atoms with Gasteiger partial charge in [-0.2, -0.15) is 4.31 Å². The van der Waals surface area contributed by atoms with E-state index in [0.717, 1.165) is 11.3 Å². The predicted octanol–water partition coefficient (Wildman–Crippen LogP) is 2.07. The van der Waals surface area contributed by atoms with Crippen LogP contribution in [-0.4, -0.2) is 95.1 Å². The predicted molar refractivity (Wildman–Crippen MR) is 151 cm³/mol. The molecule has 15 heteroatoms. The Hall–Kier alpha value is -3.37. The zero-order valence-electron chi connectivity index (χ0n) is 23.4. The van der Waals surface area contributed by atoms with E-state index in [1.54, 1.807) is 11.8 Å². The smallest absolute Gasteiger partial charge is 0.414 e. The number of nitrogens with one attached hydrogen (secondary N) is 2. The largest absolute Gasteiger partial charge is 0.450 e. The minimum Gasteiger partial charge on any atom is -0.450 e. The third-order valence-electron chi connectivity index (χ3n) is 6.29. The van der Waals surface area contributed by atoms with E-state index in [-0.39, 0.29) is 66.4 Å². The van der Waals surface area contributed by atoms with Crippen LogP contribution in [0.15, 0.2) is 29.2 Å². The highest BCUT2D eigenvalue weighted by Crippen LogP contribution is 2.37. The van der Waals surface area contributed by atoms with Gasteiger partial charge in [-0.3, -0.25) is 19.7 Å². The highest BCUT2D eigenvalue weighted by Gasteiger charge is 2.31. The Labute approximate surface area is 242 Å². The molecule has 2 N–H and O–H groups in total. The number of methoxy groups -OCH3 is 2. The van der Waals surface area contributed by atoms with Crippen LogP contribution in [0.4, 0.5) is 9.80 Å². The van der Waals surface area contributed by atoms with E-state index in [2.05, 4.69) is 10.6 Å². The van der Waals surface area contributed by atoms with Gasteiger partial charge in [0.25, 0.3) is 11.8 Å². The van der Waals surface area contributed by atoms with Crippen molar-refractivity contribution in [2.45, 2.75) is 31.7 Å². The van der Waals surface area contributed by atoms with Crippen LogP contribution in [0.5, 0.6) is 0 Å². The Morgan fingerprint density at radius 1 is 1.02 bits per heavy atom. The van der Waals surface area contributed by atoms with Gasteiger partial charge < -0.3 is 24.4 Å². The van der Waals surface area contributed by atoms with Crippen LogP contribution in [0.25, 0.3) is 0 Å². The number of hydrogen-bond donors (Lipinski definition) is 2. The molecule has 0 atom stereocenters. The van der Waals surface area contributed by atoms with E-state index in [4.69, 9.17) is 14.2 Å². The van der Waals surface area contributed by atoms with E-state index >= 15 is 0 Å². The van der Waals surface area contributed by atoms with Crippen molar-refractivity contribution in [1.29, 1.82) is 0 Å². The number of thiophene rings is 1. The van der Waals surface area contributed by atoms with Crippen LogP contribution in [0, 0.1) is 0 Å². The quantitative estimate of drug-likeness (QED) is 0.367. The van der Waals surface area contributed by atoms with Gasteiger partial charge in [-0.05, 0) is 43.2 Å². The maximum absolute atomic E-state index is 13.2. The summed E-state index contributed by atoms with van der Waals surface area (Å²) in [4.78, 5) is 52.4. The molecular formula is C26H34N4O9S2. The third-order valence-corrected chi connectivity index (χ3v) is 9.34. The van der Waals surface area contributed by atoms with Crippen molar-refractivity contribution in [3.8, 4) is 0 Å². The monoisotopic (exact) mass is 610 g/mol. The maximum atomic E-state index is 13.2. The van der Waals surface area contributed by atoms with E-state index in [9.17, 15) is 27.6 Å². The van der Waals surface area contributed by atoms with Gasteiger partial charge in [-0.15, -0.1) is 11.3 Å². The summed E-state index contributed by atoms with van der Waals surface area (Å²) < 4.78 is 42.4. The fourth-order valence-corrected chi connectivity index (χ4v) is 6.83. The van der Waals surface area contributed by atoms with Crippen LogP contribution < -0.4 is 10.6 Å². The molecule has 3 rings (SSSR count). The molecule has 0 saturated heterocycles. The number of anilines is 1. The second kappa shape index (κ2) is 14.5. The summed E-state index contributed by atoms with van der Waals surface area (Å²) in [5.41, 5.74) is 0.914. The number of amides is 4. The van der Waals surface area contributed by atoms with Gasteiger partial charge in [0.05, 0.1) is 36.8 Å². The van der Waals surface area contributed by atoms with Crippen molar-refractivity contribution >= 4 is 50.2 Å². The van der Waals surface area contributed by atoms with E-state index in [0.29, 0.717) is 23.4 Å². The molecule has 41 heavy (non-hydrogen) atoms. The first kappa shape index (κ1) is 32.1. The summed E-state index contributed by atoms with van der Waals surface area (Å²) >= 11 is 1.14.